The first kappa shape index (κ1) is 19.0. The Hall–Kier alpha value is -1.36. The van der Waals surface area contributed by atoms with Gasteiger partial charge in [0.2, 0.25) is 0 Å². The van der Waals surface area contributed by atoms with Gasteiger partial charge in [0, 0.05) is 12.8 Å². The molecule has 2 heteroatoms. The molecule has 4 aliphatic carbocycles. The zero-order valence-electron chi connectivity index (χ0n) is 17.3. The maximum atomic E-state index is 11.9. The van der Waals surface area contributed by atoms with Gasteiger partial charge < -0.3 is 0 Å². The molecule has 2 fully saturated rings. The van der Waals surface area contributed by atoms with Crippen LogP contribution in [0, 0.1) is 51.8 Å². The topological polar surface area (TPSA) is 40.9 Å². The van der Waals surface area contributed by atoms with E-state index in [4.69, 9.17) is 5.26 Å². The first-order valence-electron chi connectivity index (χ1n) is 11.2. The van der Waals surface area contributed by atoms with Gasteiger partial charge in [0.1, 0.15) is 0 Å². The summed E-state index contributed by atoms with van der Waals surface area (Å²) < 4.78 is 0. The van der Waals surface area contributed by atoms with Crippen molar-refractivity contribution in [2.24, 2.45) is 40.4 Å². The second kappa shape index (κ2) is 6.91. The first-order chi connectivity index (χ1) is 12.9. The molecule has 4 aliphatic rings. The number of unbranched alkanes of at least 4 members (excludes halogenated alkanes) is 1. The van der Waals surface area contributed by atoms with Crippen molar-refractivity contribution in [2.75, 3.05) is 0 Å². The van der Waals surface area contributed by atoms with Crippen molar-refractivity contribution in [1.82, 2.24) is 0 Å². The maximum absolute atomic E-state index is 11.9. The van der Waals surface area contributed by atoms with E-state index in [0.717, 1.165) is 37.0 Å². The number of rotatable bonds is 4. The van der Waals surface area contributed by atoms with Crippen LogP contribution < -0.4 is 0 Å². The van der Waals surface area contributed by atoms with Crippen LogP contribution in [0.4, 0.5) is 0 Å². The number of nitriles is 1. The van der Waals surface area contributed by atoms with E-state index in [-0.39, 0.29) is 5.41 Å². The SMILES string of the molecule is C[C@H](CCCC#N)[C@H]1CCC2C3C=CC4=CC(=O)CC[C@]4(C)C3CC[C@@]21C. The Morgan fingerprint density at radius 2 is 2.04 bits per heavy atom. The van der Waals surface area contributed by atoms with Crippen LogP contribution in [-0.4, -0.2) is 5.78 Å². The van der Waals surface area contributed by atoms with E-state index in [1.54, 1.807) is 0 Å². The van der Waals surface area contributed by atoms with Crippen molar-refractivity contribution >= 4 is 5.78 Å². The second-order valence-electron chi connectivity index (χ2n) is 10.4. The summed E-state index contributed by atoms with van der Waals surface area (Å²) in [7, 11) is 0. The van der Waals surface area contributed by atoms with Crippen LogP contribution in [-0.2, 0) is 4.79 Å². The van der Waals surface area contributed by atoms with Gasteiger partial charge in [-0.2, -0.15) is 5.26 Å². The Morgan fingerprint density at radius 1 is 1.22 bits per heavy atom. The van der Waals surface area contributed by atoms with Crippen molar-refractivity contribution in [3.05, 3.63) is 23.8 Å². The molecule has 4 rings (SSSR count). The fraction of sp³-hybridized carbons (Fsp3) is 0.760. The molecule has 2 nitrogen and oxygen atoms in total. The van der Waals surface area contributed by atoms with Crippen molar-refractivity contribution in [1.29, 1.82) is 5.26 Å². The normalized spacial score (nSPS) is 43.9. The van der Waals surface area contributed by atoms with Gasteiger partial charge in [-0.05, 0) is 97.0 Å². The summed E-state index contributed by atoms with van der Waals surface area (Å²) in [6, 6.07) is 2.31. The summed E-state index contributed by atoms with van der Waals surface area (Å²) in [5.74, 6) is 4.07. The molecule has 0 amide bonds. The van der Waals surface area contributed by atoms with E-state index in [0.29, 0.717) is 29.5 Å². The summed E-state index contributed by atoms with van der Waals surface area (Å²) in [6.07, 6.45) is 16.9. The molecule has 0 aliphatic heterocycles. The first-order valence-corrected chi connectivity index (χ1v) is 11.2. The van der Waals surface area contributed by atoms with E-state index in [2.05, 4.69) is 39.0 Å². The molecule has 0 aromatic carbocycles. The van der Waals surface area contributed by atoms with Crippen LogP contribution in [0.15, 0.2) is 23.8 Å². The van der Waals surface area contributed by atoms with Crippen molar-refractivity contribution < 1.29 is 4.79 Å². The fourth-order valence-corrected chi connectivity index (χ4v) is 7.68. The summed E-state index contributed by atoms with van der Waals surface area (Å²) in [5.41, 5.74) is 1.98. The van der Waals surface area contributed by atoms with Gasteiger partial charge in [0.05, 0.1) is 6.07 Å². The zero-order chi connectivity index (χ0) is 19.2. The second-order valence-corrected chi connectivity index (χ2v) is 10.4. The number of nitrogens with zero attached hydrogens (tertiary/aromatic N) is 1. The Balaban J connectivity index is 1.57. The van der Waals surface area contributed by atoms with Crippen molar-refractivity contribution in [2.45, 2.75) is 78.6 Å². The summed E-state index contributed by atoms with van der Waals surface area (Å²) in [5, 5.41) is 8.86. The average Bonchev–Trinajstić information content (AvgIpc) is 3.00. The molecule has 27 heavy (non-hydrogen) atoms. The molecule has 7 atom stereocenters. The molecule has 0 saturated heterocycles. The summed E-state index contributed by atoms with van der Waals surface area (Å²) in [4.78, 5) is 11.9. The predicted octanol–water partition coefficient (Wildman–Crippen LogP) is 6.24. The van der Waals surface area contributed by atoms with E-state index in [1.165, 1.54) is 37.7 Å². The summed E-state index contributed by atoms with van der Waals surface area (Å²) >= 11 is 0. The van der Waals surface area contributed by atoms with Gasteiger partial charge in [-0.25, -0.2) is 0 Å². The van der Waals surface area contributed by atoms with Crippen LogP contribution in [0.1, 0.15) is 78.6 Å². The molecule has 0 bridgehead atoms. The third-order valence-corrected chi connectivity index (χ3v) is 9.22. The largest absolute Gasteiger partial charge is 0.295 e. The van der Waals surface area contributed by atoms with Crippen molar-refractivity contribution in [3.8, 4) is 6.07 Å². The quantitative estimate of drug-likeness (QED) is 0.553. The molecule has 0 heterocycles. The lowest BCUT2D eigenvalue weighted by Crippen LogP contribution is -2.49. The van der Waals surface area contributed by atoms with E-state index >= 15 is 0 Å². The van der Waals surface area contributed by atoms with Crippen LogP contribution in [0.3, 0.4) is 0 Å². The van der Waals surface area contributed by atoms with Gasteiger partial charge in [-0.3, -0.25) is 4.79 Å². The third kappa shape index (κ3) is 2.93. The molecular formula is C25H35NO. The minimum atomic E-state index is 0.213. The molecule has 0 spiro atoms. The third-order valence-electron chi connectivity index (χ3n) is 9.22. The predicted molar refractivity (Wildman–Crippen MR) is 109 cm³/mol. The molecule has 0 aromatic rings. The summed E-state index contributed by atoms with van der Waals surface area (Å²) in [6.45, 7) is 7.46. The Bertz CT molecular complexity index is 712. The number of hydrogen-bond donors (Lipinski definition) is 0. The maximum Gasteiger partial charge on any atom is 0.156 e. The van der Waals surface area contributed by atoms with Gasteiger partial charge in [-0.1, -0.05) is 32.9 Å². The molecule has 0 radical (unpaired) electrons. The fourth-order valence-electron chi connectivity index (χ4n) is 7.68. The number of ketones is 1. The smallest absolute Gasteiger partial charge is 0.156 e. The van der Waals surface area contributed by atoms with Crippen LogP contribution in [0.25, 0.3) is 0 Å². The molecule has 2 saturated carbocycles. The standard InChI is InChI=1S/C25H35NO/c1-17(6-4-5-15-26)21-9-10-22-20-8-7-18-16-19(27)11-13-24(18,2)23(20)12-14-25(21,22)3/h7-8,16-17,20-23H,4-6,9-14H2,1-3H3/t17-,20?,21-,22?,23?,24+,25-/m1/s1. The number of hydrogen-bond acceptors (Lipinski definition) is 2. The number of carbonyl (C=O) groups is 1. The zero-order valence-corrected chi connectivity index (χ0v) is 17.3. The van der Waals surface area contributed by atoms with Gasteiger partial charge >= 0.3 is 0 Å². The Morgan fingerprint density at radius 3 is 2.81 bits per heavy atom. The number of allylic oxidation sites excluding steroid dienone is 4. The highest BCUT2D eigenvalue weighted by atomic mass is 16.1. The van der Waals surface area contributed by atoms with Crippen LogP contribution >= 0.6 is 0 Å². The lowest BCUT2D eigenvalue weighted by atomic mass is 9.48. The van der Waals surface area contributed by atoms with Gasteiger partial charge in [0.15, 0.2) is 5.78 Å². The van der Waals surface area contributed by atoms with Gasteiger partial charge in [0.25, 0.3) is 0 Å². The van der Waals surface area contributed by atoms with Crippen LogP contribution in [0.5, 0.6) is 0 Å². The highest BCUT2D eigenvalue weighted by Crippen LogP contribution is 2.66. The van der Waals surface area contributed by atoms with E-state index in [9.17, 15) is 4.79 Å². The monoisotopic (exact) mass is 365 g/mol. The van der Waals surface area contributed by atoms with E-state index < -0.39 is 0 Å². The molecule has 3 unspecified atom stereocenters. The molecule has 0 N–H and O–H groups in total. The molecule has 0 aromatic heterocycles. The minimum absolute atomic E-state index is 0.213. The Labute approximate surface area is 165 Å². The number of fused-ring (bicyclic) bond motifs is 5. The average molecular weight is 366 g/mol. The lowest BCUT2D eigenvalue weighted by Gasteiger charge is -2.56. The highest BCUT2D eigenvalue weighted by molar-refractivity contribution is 5.92. The Kier molecular flexibility index (Phi) is 4.86. The van der Waals surface area contributed by atoms with E-state index in [1.807, 2.05) is 6.08 Å². The highest BCUT2D eigenvalue weighted by Gasteiger charge is 2.58. The van der Waals surface area contributed by atoms with Gasteiger partial charge in [-0.15, -0.1) is 0 Å². The minimum Gasteiger partial charge on any atom is -0.295 e. The molecule has 146 valence electrons. The van der Waals surface area contributed by atoms with Crippen molar-refractivity contribution in [3.63, 3.8) is 0 Å². The van der Waals surface area contributed by atoms with Crippen LogP contribution in [0.2, 0.25) is 0 Å². The molecular weight excluding hydrogens is 330 g/mol. The number of carbonyl (C=O) groups excluding carboxylic acids is 1. The lowest BCUT2D eigenvalue weighted by molar-refractivity contribution is -0.116.